The van der Waals surface area contributed by atoms with E-state index in [4.69, 9.17) is 10.00 Å². The average Bonchev–Trinajstić information content (AvgIpc) is 2.63. The third-order valence-corrected chi connectivity index (χ3v) is 5.10. The number of aryl methyl sites for hydroxylation is 1. The molecule has 2 aromatic rings. The van der Waals surface area contributed by atoms with Crippen molar-refractivity contribution in [3.8, 4) is 23.1 Å². The largest absolute Gasteiger partial charge is 0.496 e. The van der Waals surface area contributed by atoms with E-state index < -0.39 is 0 Å². The Morgan fingerprint density at radius 3 is 2.68 bits per heavy atom. The van der Waals surface area contributed by atoms with Gasteiger partial charge in [-0.15, -0.1) is 11.8 Å². The molecule has 0 saturated carbocycles. The number of nitrogens with one attached hydrogen (secondary N) is 1. The van der Waals surface area contributed by atoms with Gasteiger partial charge in [0.2, 0.25) is 0 Å². The summed E-state index contributed by atoms with van der Waals surface area (Å²) in [6, 6.07) is 9.66. The van der Waals surface area contributed by atoms with E-state index in [1.54, 1.807) is 24.9 Å². The van der Waals surface area contributed by atoms with Crippen LogP contribution in [0.5, 0.6) is 5.75 Å². The Bertz CT molecular complexity index is 821. The van der Waals surface area contributed by atoms with Crippen molar-refractivity contribution >= 4 is 11.8 Å². The van der Waals surface area contributed by atoms with Gasteiger partial charge in [-0.1, -0.05) is 26.7 Å². The third kappa shape index (κ3) is 4.67. The fraction of sp³-hybridized carbons (Fsp3) is 0.400. The Morgan fingerprint density at radius 1 is 1.24 bits per heavy atom. The van der Waals surface area contributed by atoms with Gasteiger partial charge in [0.15, 0.2) is 0 Å². The molecule has 0 aliphatic carbocycles. The van der Waals surface area contributed by atoms with Gasteiger partial charge in [-0.25, -0.2) is 0 Å². The van der Waals surface area contributed by atoms with Gasteiger partial charge >= 0.3 is 0 Å². The number of hydrogen-bond acceptors (Lipinski definition) is 4. The van der Waals surface area contributed by atoms with Crippen LogP contribution in [0.15, 0.2) is 34.0 Å². The molecule has 1 heterocycles. The molecule has 4 nitrogen and oxygen atoms in total. The first-order chi connectivity index (χ1) is 12.1. The third-order valence-electron chi connectivity index (χ3n) is 3.97. The zero-order valence-corrected chi connectivity index (χ0v) is 15.8. The minimum atomic E-state index is -0.342. The highest BCUT2D eigenvalue weighted by Crippen LogP contribution is 2.33. The zero-order valence-electron chi connectivity index (χ0n) is 15.0. The number of aromatic nitrogens is 1. The molecular weight excluding hydrogens is 332 g/mol. The lowest BCUT2D eigenvalue weighted by Gasteiger charge is -2.13. The molecule has 0 bridgehead atoms. The summed E-state index contributed by atoms with van der Waals surface area (Å²) in [5, 5.41) is 9.16. The molecule has 0 saturated heterocycles. The van der Waals surface area contributed by atoms with Crippen LogP contribution in [0, 0.1) is 11.3 Å². The van der Waals surface area contributed by atoms with E-state index in [-0.39, 0.29) is 11.1 Å². The van der Waals surface area contributed by atoms with Crippen LogP contribution in [0.1, 0.15) is 44.2 Å². The number of unbranched alkanes of at least 4 members (excludes halogenated alkanes) is 1. The topological polar surface area (TPSA) is 65.9 Å². The maximum atomic E-state index is 12.1. The van der Waals surface area contributed by atoms with E-state index in [2.05, 4.69) is 24.9 Å². The lowest BCUT2D eigenvalue weighted by molar-refractivity contribution is 0.409. The van der Waals surface area contributed by atoms with E-state index in [1.807, 2.05) is 18.2 Å². The molecule has 0 amide bonds. The summed E-state index contributed by atoms with van der Waals surface area (Å²) in [4.78, 5) is 16.0. The predicted molar refractivity (Wildman–Crippen MR) is 103 cm³/mol. The maximum absolute atomic E-state index is 12.1. The number of rotatable bonds is 8. The Balaban J connectivity index is 2.53. The van der Waals surface area contributed by atoms with Gasteiger partial charge in [-0.2, -0.15) is 5.26 Å². The van der Waals surface area contributed by atoms with Crippen molar-refractivity contribution in [2.75, 3.05) is 12.9 Å². The smallest absolute Gasteiger partial charge is 0.266 e. The molecule has 0 aliphatic heterocycles. The van der Waals surface area contributed by atoms with Crippen LogP contribution >= 0.6 is 11.8 Å². The number of nitriles is 1. The average molecular weight is 356 g/mol. The number of benzene rings is 1. The molecule has 25 heavy (non-hydrogen) atoms. The van der Waals surface area contributed by atoms with Crippen molar-refractivity contribution in [2.24, 2.45) is 0 Å². The fourth-order valence-corrected chi connectivity index (χ4v) is 3.82. The van der Waals surface area contributed by atoms with Crippen LogP contribution in [0.3, 0.4) is 0 Å². The van der Waals surface area contributed by atoms with E-state index in [1.165, 1.54) is 0 Å². The first-order valence-corrected chi connectivity index (χ1v) is 9.60. The zero-order chi connectivity index (χ0) is 18.2. The van der Waals surface area contributed by atoms with Crippen molar-refractivity contribution in [3.05, 3.63) is 45.7 Å². The molecule has 0 spiro atoms. The SMILES string of the molecule is CCCCSc1cc(C#N)c(=O)[nH]c1-c1ccc(OC)c(CCC)c1. The number of nitrogens with zero attached hydrogens (tertiary/aromatic N) is 1. The monoisotopic (exact) mass is 356 g/mol. The molecule has 1 aromatic carbocycles. The normalized spacial score (nSPS) is 10.5. The number of thioether (sulfide) groups is 1. The molecule has 0 fully saturated rings. The predicted octanol–water partition coefficient (Wildman–Crippen LogP) is 4.77. The van der Waals surface area contributed by atoms with Crippen molar-refractivity contribution in [1.82, 2.24) is 4.98 Å². The first kappa shape index (κ1) is 19.1. The second-order valence-electron chi connectivity index (χ2n) is 5.84. The van der Waals surface area contributed by atoms with Crippen LogP contribution < -0.4 is 10.3 Å². The first-order valence-electron chi connectivity index (χ1n) is 8.62. The van der Waals surface area contributed by atoms with Gasteiger partial charge in [-0.3, -0.25) is 4.79 Å². The number of aromatic amines is 1. The Morgan fingerprint density at radius 2 is 2.04 bits per heavy atom. The molecule has 1 aromatic heterocycles. The van der Waals surface area contributed by atoms with Gasteiger partial charge in [0.05, 0.1) is 12.8 Å². The van der Waals surface area contributed by atoms with Crippen LogP contribution in [-0.2, 0) is 6.42 Å². The van der Waals surface area contributed by atoms with E-state index in [0.29, 0.717) is 0 Å². The number of methoxy groups -OCH3 is 1. The summed E-state index contributed by atoms with van der Waals surface area (Å²) >= 11 is 1.68. The highest BCUT2D eigenvalue weighted by molar-refractivity contribution is 7.99. The van der Waals surface area contributed by atoms with Crippen LogP contribution in [0.25, 0.3) is 11.3 Å². The second-order valence-corrected chi connectivity index (χ2v) is 6.98. The van der Waals surface area contributed by atoms with Crippen molar-refractivity contribution < 1.29 is 4.74 Å². The van der Waals surface area contributed by atoms with Crippen molar-refractivity contribution in [1.29, 1.82) is 5.26 Å². The minimum absolute atomic E-state index is 0.157. The molecule has 0 unspecified atom stereocenters. The number of H-pyrrole nitrogens is 1. The lowest BCUT2D eigenvalue weighted by atomic mass is 10.0. The highest BCUT2D eigenvalue weighted by Gasteiger charge is 2.13. The minimum Gasteiger partial charge on any atom is -0.496 e. The van der Waals surface area contributed by atoms with Gasteiger partial charge in [-0.05, 0) is 54.0 Å². The summed E-state index contributed by atoms with van der Waals surface area (Å²) in [6.07, 6.45) is 4.13. The Kier molecular flexibility index (Phi) is 7.15. The fourth-order valence-electron chi connectivity index (χ4n) is 2.65. The highest BCUT2D eigenvalue weighted by atomic mass is 32.2. The van der Waals surface area contributed by atoms with Crippen molar-refractivity contribution in [3.63, 3.8) is 0 Å². The van der Waals surface area contributed by atoms with Crippen molar-refractivity contribution in [2.45, 2.75) is 44.4 Å². The molecular formula is C20H24N2O2S. The number of ether oxygens (including phenoxy) is 1. The summed E-state index contributed by atoms with van der Waals surface area (Å²) in [5.41, 5.74) is 2.67. The van der Waals surface area contributed by atoms with Gasteiger partial charge < -0.3 is 9.72 Å². The quantitative estimate of drug-likeness (QED) is 0.547. The van der Waals surface area contributed by atoms with Gasteiger partial charge in [0.25, 0.3) is 5.56 Å². The molecule has 5 heteroatoms. The van der Waals surface area contributed by atoms with Gasteiger partial charge in [0, 0.05) is 4.90 Å². The molecule has 132 valence electrons. The van der Waals surface area contributed by atoms with Crippen LogP contribution in [-0.4, -0.2) is 17.8 Å². The molecule has 2 rings (SSSR count). The summed E-state index contributed by atoms with van der Waals surface area (Å²) in [7, 11) is 1.67. The lowest BCUT2D eigenvalue weighted by Crippen LogP contribution is -2.12. The molecule has 0 radical (unpaired) electrons. The number of hydrogen-bond donors (Lipinski definition) is 1. The number of pyridine rings is 1. The van der Waals surface area contributed by atoms with E-state index in [9.17, 15) is 4.79 Å². The van der Waals surface area contributed by atoms with Gasteiger partial charge in [0.1, 0.15) is 17.4 Å². The van der Waals surface area contributed by atoms with Crippen LogP contribution in [0.4, 0.5) is 0 Å². The summed E-state index contributed by atoms with van der Waals surface area (Å²) in [6.45, 7) is 4.28. The van der Waals surface area contributed by atoms with Crippen LogP contribution in [0.2, 0.25) is 0 Å². The second kappa shape index (κ2) is 9.33. The summed E-state index contributed by atoms with van der Waals surface area (Å²) < 4.78 is 5.44. The Labute approximate surface area is 153 Å². The van der Waals surface area contributed by atoms with E-state index >= 15 is 0 Å². The van der Waals surface area contributed by atoms with E-state index in [0.717, 1.165) is 58.9 Å². The molecule has 0 atom stereocenters. The Hall–Kier alpha value is -2.19. The molecule has 1 N–H and O–H groups in total. The molecule has 0 aliphatic rings. The standard InChI is InChI=1S/C20H24N2O2S/c1-4-6-10-25-18-12-16(13-21)20(23)22-19(18)15-8-9-17(24-3)14(11-15)7-5-2/h8-9,11-12H,4-7,10H2,1-3H3,(H,22,23). The summed E-state index contributed by atoms with van der Waals surface area (Å²) in [5.74, 6) is 1.82. The maximum Gasteiger partial charge on any atom is 0.266 e.